The van der Waals surface area contributed by atoms with Gasteiger partial charge in [0.25, 0.3) is 5.91 Å². The first kappa shape index (κ1) is 16.5. The zero-order valence-electron chi connectivity index (χ0n) is 11.5. The van der Waals surface area contributed by atoms with Gasteiger partial charge in [-0.1, -0.05) is 20.8 Å². The van der Waals surface area contributed by atoms with Crippen LogP contribution in [0.1, 0.15) is 36.7 Å². The van der Waals surface area contributed by atoms with E-state index in [0.29, 0.717) is 24.6 Å². The van der Waals surface area contributed by atoms with Gasteiger partial charge in [-0.25, -0.2) is 4.39 Å². The minimum absolute atomic E-state index is 0.196. The molecule has 0 aromatic heterocycles. The van der Waals surface area contributed by atoms with Crippen LogP contribution in [0.15, 0.2) is 18.2 Å². The third kappa shape index (κ3) is 4.21. The zero-order chi connectivity index (χ0) is 15.5. The largest absolute Gasteiger partial charge is 0.419 e. The normalized spacial score (nSPS) is 13.4. The van der Waals surface area contributed by atoms with Gasteiger partial charge >= 0.3 is 6.18 Å². The van der Waals surface area contributed by atoms with E-state index < -0.39 is 23.5 Å². The summed E-state index contributed by atoms with van der Waals surface area (Å²) in [5.74, 6) is -1.48. The number of alkyl halides is 3. The quantitative estimate of drug-likeness (QED) is 0.838. The topological polar surface area (TPSA) is 29.1 Å². The second kappa shape index (κ2) is 6.24. The molecule has 1 aromatic carbocycles. The number of benzene rings is 1. The lowest BCUT2D eigenvalue weighted by Gasteiger charge is -2.16. The fourth-order valence-electron chi connectivity index (χ4n) is 1.48. The maximum absolute atomic E-state index is 13.1. The van der Waals surface area contributed by atoms with E-state index in [2.05, 4.69) is 5.32 Å². The highest BCUT2D eigenvalue weighted by Crippen LogP contribution is 2.31. The van der Waals surface area contributed by atoms with E-state index in [-0.39, 0.29) is 11.5 Å². The summed E-state index contributed by atoms with van der Waals surface area (Å²) in [4.78, 5) is 11.8. The summed E-state index contributed by atoms with van der Waals surface area (Å²) < 4.78 is 50.7. The van der Waals surface area contributed by atoms with Gasteiger partial charge in [-0.2, -0.15) is 13.2 Å². The van der Waals surface area contributed by atoms with Crippen molar-refractivity contribution in [3.05, 3.63) is 35.1 Å². The molecule has 1 unspecified atom stereocenters. The van der Waals surface area contributed by atoms with Gasteiger partial charge in [-0.3, -0.25) is 4.79 Å². The minimum Gasteiger partial charge on any atom is -0.352 e. The number of hydrogen-bond acceptors (Lipinski definition) is 1. The van der Waals surface area contributed by atoms with Crippen LogP contribution in [-0.4, -0.2) is 12.5 Å². The highest BCUT2D eigenvalue weighted by atomic mass is 19.4. The first-order chi connectivity index (χ1) is 9.12. The van der Waals surface area contributed by atoms with E-state index in [1.165, 1.54) is 0 Å². The average molecular weight is 291 g/mol. The van der Waals surface area contributed by atoms with Gasteiger partial charge in [0.05, 0.1) is 5.56 Å². The Balaban J connectivity index is 2.85. The Morgan fingerprint density at radius 3 is 2.35 bits per heavy atom. The Bertz CT molecular complexity index is 483. The molecule has 0 radical (unpaired) electrons. The van der Waals surface area contributed by atoms with E-state index in [9.17, 15) is 22.4 Å². The predicted octanol–water partition coefficient (Wildman–Crippen LogP) is 3.87. The summed E-state index contributed by atoms with van der Waals surface area (Å²) in [5, 5.41) is 2.55. The molecular formula is C14H17F4NO. The van der Waals surface area contributed by atoms with Crippen molar-refractivity contribution in [2.24, 2.45) is 11.8 Å². The van der Waals surface area contributed by atoms with Crippen LogP contribution in [0.25, 0.3) is 0 Å². The van der Waals surface area contributed by atoms with Crippen LogP contribution in [-0.2, 0) is 6.18 Å². The van der Waals surface area contributed by atoms with Crippen LogP contribution in [0.3, 0.4) is 0 Å². The molecule has 0 spiro atoms. The minimum atomic E-state index is -4.81. The average Bonchev–Trinajstić information content (AvgIpc) is 2.34. The molecular weight excluding hydrogens is 274 g/mol. The van der Waals surface area contributed by atoms with E-state index in [4.69, 9.17) is 0 Å². The maximum Gasteiger partial charge on any atom is 0.419 e. The summed E-state index contributed by atoms with van der Waals surface area (Å²) in [6.07, 6.45) is -4.81. The summed E-state index contributed by atoms with van der Waals surface area (Å²) in [6, 6.07) is 2.23. The van der Waals surface area contributed by atoms with Crippen LogP contribution < -0.4 is 5.32 Å². The summed E-state index contributed by atoms with van der Waals surface area (Å²) in [5.41, 5.74) is -1.63. The lowest BCUT2D eigenvalue weighted by Crippen LogP contribution is -2.30. The monoisotopic (exact) mass is 291 g/mol. The van der Waals surface area contributed by atoms with Crippen molar-refractivity contribution in [3.8, 4) is 0 Å². The number of rotatable bonds is 4. The first-order valence-corrected chi connectivity index (χ1v) is 6.28. The van der Waals surface area contributed by atoms with Crippen molar-refractivity contribution in [2.45, 2.75) is 26.9 Å². The molecule has 0 aliphatic heterocycles. The molecule has 1 N–H and O–H groups in total. The third-order valence-corrected chi connectivity index (χ3v) is 3.26. The van der Waals surface area contributed by atoms with E-state index in [0.717, 1.165) is 6.07 Å². The van der Waals surface area contributed by atoms with Gasteiger partial charge in [-0.05, 0) is 30.0 Å². The molecule has 0 heterocycles. The molecule has 0 fully saturated rings. The first-order valence-electron chi connectivity index (χ1n) is 6.28. The molecule has 6 heteroatoms. The Labute approximate surface area is 115 Å². The Hall–Kier alpha value is -1.59. The number of hydrogen-bond donors (Lipinski definition) is 1. The second-order valence-electron chi connectivity index (χ2n) is 5.12. The molecule has 1 atom stereocenters. The summed E-state index contributed by atoms with van der Waals surface area (Å²) in [6.45, 7) is 6.25. The number of halogens is 4. The summed E-state index contributed by atoms with van der Waals surface area (Å²) in [7, 11) is 0. The fourth-order valence-corrected chi connectivity index (χ4v) is 1.48. The highest BCUT2D eigenvalue weighted by Gasteiger charge is 2.34. The van der Waals surface area contributed by atoms with Crippen LogP contribution in [0, 0.1) is 17.7 Å². The molecule has 1 aromatic rings. The number of nitrogens with one attached hydrogen (secondary N) is 1. The van der Waals surface area contributed by atoms with E-state index in [1.54, 1.807) is 0 Å². The molecule has 2 nitrogen and oxygen atoms in total. The predicted molar refractivity (Wildman–Crippen MR) is 67.7 cm³/mol. The Morgan fingerprint density at radius 2 is 1.85 bits per heavy atom. The third-order valence-electron chi connectivity index (χ3n) is 3.26. The van der Waals surface area contributed by atoms with Gasteiger partial charge in [0.2, 0.25) is 0 Å². The van der Waals surface area contributed by atoms with Gasteiger partial charge in [-0.15, -0.1) is 0 Å². The smallest absolute Gasteiger partial charge is 0.352 e. The molecule has 1 amide bonds. The molecule has 0 saturated carbocycles. The molecule has 0 aliphatic carbocycles. The zero-order valence-corrected chi connectivity index (χ0v) is 11.5. The van der Waals surface area contributed by atoms with Crippen LogP contribution >= 0.6 is 0 Å². The molecule has 112 valence electrons. The van der Waals surface area contributed by atoms with Crippen molar-refractivity contribution in [1.82, 2.24) is 5.32 Å². The number of carbonyl (C=O) groups excluding carboxylic acids is 1. The van der Waals surface area contributed by atoms with Crippen LogP contribution in [0.5, 0.6) is 0 Å². The molecule has 0 saturated heterocycles. The Kier molecular flexibility index (Phi) is 5.14. The SMILES string of the molecule is CC(C)C(C)CNC(=O)c1ccc(F)c(C(F)(F)F)c1. The summed E-state index contributed by atoms with van der Waals surface area (Å²) >= 11 is 0. The number of carbonyl (C=O) groups is 1. The van der Waals surface area contributed by atoms with Gasteiger partial charge in [0, 0.05) is 12.1 Å². The molecule has 20 heavy (non-hydrogen) atoms. The van der Waals surface area contributed by atoms with Crippen molar-refractivity contribution >= 4 is 5.91 Å². The lowest BCUT2D eigenvalue weighted by molar-refractivity contribution is -0.140. The van der Waals surface area contributed by atoms with Gasteiger partial charge < -0.3 is 5.32 Å². The highest BCUT2D eigenvalue weighted by molar-refractivity contribution is 5.94. The molecule has 0 bridgehead atoms. The van der Waals surface area contributed by atoms with Crippen molar-refractivity contribution < 1.29 is 22.4 Å². The van der Waals surface area contributed by atoms with Gasteiger partial charge in [0.15, 0.2) is 0 Å². The van der Waals surface area contributed by atoms with Crippen molar-refractivity contribution in [3.63, 3.8) is 0 Å². The lowest BCUT2D eigenvalue weighted by atomic mass is 9.98. The fraction of sp³-hybridized carbons (Fsp3) is 0.500. The van der Waals surface area contributed by atoms with Crippen LogP contribution in [0.2, 0.25) is 0 Å². The van der Waals surface area contributed by atoms with Crippen molar-refractivity contribution in [1.29, 1.82) is 0 Å². The maximum atomic E-state index is 13.1. The standard InChI is InChI=1S/C14H17F4NO/c1-8(2)9(3)7-19-13(20)10-4-5-12(15)11(6-10)14(16,17)18/h4-6,8-9H,7H2,1-3H3,(H,19,20). The van der Waals surface area contributed by atoms with Crippen molar-refractivity contribution in [2.75, 3.05) is 6.54 Å². The van der Waals surface area contributed by atoms with Gasteiger partial charge in [0.1, 0.15) is 5.82 Å². The van der Waals surface area contributed by atoms with E-state index >= 15 is 0 Å². The molecule has 1 rings (SSSR count). The second-order valence-corrected chi connectivity index (χ2v) is 5.12. The Morgan fingerprint density at radius 1 is 1.25 bits per heavy atom. The van der Waals surface area contributed by atoms with Crippen LogP contribution in [0.4, 0.5) is 17.6 Å². The van der Waals surface area contributed by atoms with E-state index in [1.807, 2.05) is 20.8 Å². The number of amides is 1. The molecule has 0 aliphatic rings.